The van der Waals surface area contributed by atoms with Crippen LogP contribution >= 0.6 is 0 Å². The van der Waals surface area contributed by atoms with E-state index in [0.29, 0.717) is 32.4 Å². The van der Waals surface area contributed by atoms with Crippen LogP contribution in [0.15, 0.2) is 24.3 Å². The van der Waals surface area contributed by atoms with Crippen molar-refractivity contribution in [3.8, 4) is 0 Å². The fourth-order valence-corrected chi connectivity index (χ4v) is 3.54. The smallest absolute Gasteiger partial charge is 0.227 e. The van der Waals surface area contributed by atoms with Crippen molar-refractivity contribution in [1.82, 2.24) is 4.90 Å². The van der Waals surface area contributed by atoms with E-state index in [2.05, 4.69) is 5.32 Å². The number of piperidine rings is 1. The average molecular weight is 329 g/mol. The van der Waals surface area contributed by atoms with Crippen LogP contribution in [0, 0.1) is 11.8 Å². The number of hydrogen-bond donors (Lipinski definition) is 2. The number of amides is 3. The molecule has 3 rings (SSSR count). The molecule has 0 spiro atoms. The average Bonchev–Trinajstić information content (AvgIpc) is 2.59. The molecule has 0 aromatic heterocycles. The minimum atomic E-state index is -0.337. The van der Waals surface area contributed by atoms with Crippen LogP contribution in [0.3, 0.4) is 0 Å². The molecule has 6 nitrogen and oxygen atoms in total. The van der Waals surface area contributed by atoms with Crippen molar-refractivity contribution in [1.29, 1.82) is 0 Å². The fraction of sp³-hybridized carbons (Fsp3) is 0.500. The van der Waals surface area contributed by atoms with Gasteiger partial charge in [-0.25, -0.2) is 0 Å². The Morgan fingerprint density at radius 2 is 2.08 bits per heavy atom. The number of fused-ring (bicyclic) bond motifs is 1. The Morgan fingerprint density at radius 1 is 1.29 bits per heavy atom. The van der Waals surface area contributed by atoms with Crippen molar-refractivity contribution in [2.45, 2.75) is 32.1 Å². The van der Waals surface area contributed by atoms with E-state index in [4.69, 9.17) is 5.73 Å². The first-order valence-electron chi connectivity index (χ1n) is 8.50. The normalized spacial score (nSPS) is 23.3. The quantitative estimate of drug-likeness (QED) is 0.872. The molecule has 0 radical (unpaired) electrons. The molecule has 1 fully saturated rings. The Balaban J connectivity index is 1.55. The third kappa shape index (κ3) is 3.58. The van der Waals surface area contributed by atoms with Gasteiger partial charge in [0.2, 0.25) is 17.7 Å². The minimum Gasteiger partial charge on any atom is -0.369 e. The second-order valence-corrected chi connectivity index (χ2v) is 6.67. The zero-order chi connectivity index (χ0) is 17.1. The third-order valence-corrected chi connectivity index (χ3v) is 5.00. The number of nitrogens with two attached hydrogens (primary N) is 1. The molecular weight excluding hydrogens is 306 g/mol. The zero-order valence-corrected chi connectivity index (χ0v) is 13.7. The van der Waals surface area contributed by atoms with Crippen molar-refractivity contribution in [2.24, 2.45) is 17.6 Å². The van der Waals surface area contributed by atoms with Crippen LogP contribution in [0.1, 0.15) is 31.2 Å². The van der Waals surface area contributed by atoms with Gasteiger partial charge >= 0.3 is 0 Å². The summed E-state index contributed by atoms with van der Waals surface area (Å²) in [5.41, 5.74) is 7.33. The molecule has 128 valence electrons. The SMILES string of the molecule is NC(=O)C1CCCN(C(=O)CCC2Cc3ccccc3NC2=O)C1. The molecule has 2 aliphatic rings. The molecule has 0 bridgehead atoms. The largest absolute Gasteiger partial charge is 0.369 e. The number of primary amides is 1. The summed E-state index contributed by atoms with van der Waals surface area (Å²) in [6, 6.07) is 7.75. The van der Waals surface area contributed by atoms with E-state index in [1.807, 2.05) is 24.3 Å². The van der Waals surface area contributed by atoms with E-state index in [9.17, 15) is 14.4 Å². The molecule has 2 heterocycles. The Bertz CT molecular complexity index is 659. The molecule has 24 heavy (non-hydrogen) atoms. The van der Waals surface area contributed by atoms with Crippen LogP contribution < -0.4 is 11.1 Å². The number of para-hydroxylation sites is 1. The molecule has 0 aliphatic carbocycles. The van der Waals surface area contributed by atoms with Gasteiger partial charge in [0.15, 0.2) is 0 Å². The number of anilines is 1. The first-order chi connectivity index (χ1) is 11.5. The van der Waals surface area contributed by atoms with E-state index >= 15 is 0 Å². The molecular formula is C18H23N3O3. The first-order valence-corrected chi connectivity index (χ1v) is 8.50. The van der Waals surface area contributed by atoms with Crippen LogP contribution in [-0.4, -0.2) is 35.7 Å². The maximum Gasteiger partial charge on any atom is 0.227 e. The number of nitrogens with one attached hydrogen (secondary N) is 1. The highest BCUT2D eigenvalue weighted by Gasteiger charge is 2.29. The van der Waals surface area contributed by atoms with Gasteiger partial charge in [-0.1, -0.05) is 18.2 Å². The fourth-order valence-electron chi connectivity index (χ4n) is 3.54. The predicted molar refractivity (Wildman–Crippen MR) is 90.0 cm³/mol. The number of nitrogens with zero attached hydrogens (tertiary/aromatic N) is 1. The van der Waals surface area contributed by atoms with E-state index in [1.54, 1.807) is 4.90 Å². The molecule has 2 unspecified atom stereocenters. The molecule has 2 aliphatic heterocycles. The Hall–Kier alpha value is -2.37. The lowest BCUT2D eigenvalue weighted by Crippen LogP contribution is -2.44. The summed E-state index contributed by atoms with van der Waals surface area (Å²) in [6.45, 7) is 1.08. The van der Waals surface area contributed by atoms with Crippen LogP contribution in [0.2, 0.25) is 0 Å². The van der Waals surface area contributed by atoms with Gasteiger partial charge in [0, 0.05) is 31.1 Å². The highest BCUT2D eigenvalue weighted by molar-refractivity contribution is 5.96. The Kier molecular flexibility index (Phi) is 4.83. The number of likely N-dealkylation sites (tertiary alicyclic amines) is 1. The lowest BCUT2D eigenvalue weighted by Gasteiger charge is -2.32. The summed E-state index contributed by atoms with van der Waals surface area (Å²) >= 11 is 0. The van der Waals surface area contributed by atoms with E-state index in [1.165, 1.54) is 0 Å². The minimum absolute atomic E-state index is 0.00705. The van der Waals surface area contributed by atoms with Gasteiger partial charge < -0.3 is 16.0 Å². The molecule has 1 aromatic rings. The van der Waals surface area contributed by atoms with Gasteiger partial charge in [0.1, 0.15) is 0 Å². The molecule has 1 aromatic carbocycles. The maximum atomic E-state index is 12.4. The molecule has 3 amide bonds. The highest BCUT2D eigenvalue weighted by atomic mass is 16.2. The van der Waals surface area contributed by atoms with Crippen LogP contribution in [0.25, 0.3) is 0 Å². The first kappa shape index (κ1) is 16.5. The number of hydrogen-bond acceptors (Lipinski definition) is 3. The zero-order valence-electron chi connectivity index (χ0n) is 13.7. The van der Waals surface area contributed by atoms with Crippen LogP contribution in [-0.2, 0) is 20.8 Å². The number of carbonyl (C=O) groups excluding carboxylic acids is 3. The van der Waals surface area contributed by atoms with Crippen LogP contribution in [0.4, 0.5) is 5.69 Å². The van der Waals surface area contributed by atoms with Crippen molar-refractivity contribution in [2.75, 3.05) is 18.4 Å². The number of benzene rings is 1. The maximum absolute atomic E-state index is 12.4. The van der Waals surface area contributed by atoms with E-state index < -0.39 is 0 Å². The molecule has 0 saturated carbocycles. The molecule has 3 N–H and O–H groups in total. The molecule has 1 saturated heterocycles. The van der Waals surface area contributed by atoms with Crippen molar-refractivity contribution in [3.05, 3.63) is 29.8 Å². The summed E-state index contributed by atoms with van der Waals surface area (Å²) in [5.74, 6) is -0.772. The van der Waals surface area contributed by atoms with Gasteiger partial charge in [-0.15, -0.1) is 0 Å². The highest BCUT2D eigenvalue weighted by Crippen LogP contribution is 2.28. The monoisotopic (exact) mass is 329 g/mol. The second-order valence-electron chi connectivity index (χ2n) is 6.67. The van der Waals surface area contributed by atoms with Gasteiger partial charge in [0.25, 0.3) is 0 Å². The topological polar surface area (TPSA) is 92.5 Å². The second kappa shape index (κ2) is 7.03. The summed E-state index contributed by atoms with van der Waals surface area (Å²) in [7, 11) is 0. The summed E-state index contributed by atoms with van der Waals surface area (Å²) in [5, 5.41) is 2.91. The lowest BCUT2D eigenvalue weighted by molar-refractivity contribution is -0.135. The lowest BCUT2D eigenvalue weighted by atomic mass is 9.89. The van der Waals surface area contributed by atoms with Gasteiger partial charge in [0.05, 0.1) is 5.92 Å². The van der Waals surface area contributed by atoms with Gasteiger partial charge in [-0.3, -0.25) is 14.4 Å². The molecule has 2 atom stereocenters. The Morgan fingerprint density at radius 3 is 2.88 bits per heavy atom. The summed E-state index contributed by atoms with van der Waals surface area (Å²) in [4.78, 5) is 37.6. The van der Waals surface area contributed by atoms with Gasteiger partial charge in [-0.2, -0.15) is 0 Å². The summed E-state index contributed by atoms with van der Waals surface area (Å²) in [6.07, 6.45) is 3.07. The van der Waals surface area contributed by atoms with E-state index in [0.717, 1.165) is 24.1 Å². The Labute approximate surface area is 141 Å². The van der Waals surface area contributed by atoms with Gasteiger partial charge in [-0.05, 0) is 37.3 Å². The molecule has 6 heteroatoms. The third-order valence-electron chi connectivity index (χ3n) is 5.00. The van der Waals surface area contributed by atoms with E-state index in [-0.39, 0.29) is 29.6 Å². The summed E-state index contributed by atoms with van der Waals surface area (Å²) < 4.78 is 0. The van der Waals surface area contributed by atoms with Crippen molar-refractivity contribution in [3.63, 3.8) is 0 Å². The standard InChI is InChI=1S/C18H23N3O3/c19-17(23)14-5-3-9-21(11-14)16(22)8-7-13-10-12-4-1-2-6-15(12)20-18(13)24/h1-2,4,6,13-14H,3,5,7-11H2,(H2,19,23)(H,20,24). The van der Waals surface area contributed by atoms with Crippen molar-refractivity contribution >= 4 is 23.4 Å². The predicted octanol–water partition coefficient (Wildman–Crippen LogP) is 1.30. The number of rotatable bonds is 4. The van der Waals surface area contributed by atoms with Crippen LogP contribution in [0.5, 0.6) is 0 Å². The van der Waals surface area contributed by atoms with Crippen molar-refractivity contribution < 1.29 is 14.4 Å². The number of carbonyl (C=O) groups is 3.